The van der Waals surface area contributed by atoms with Crippen molar-refractivity contribution in [3.63, 3.8) is 0 Å². The molecular formula is C13H11Cl2N3O3. The van der Waals surface area contributed by atoms with Crippen LogP contribution in [-0.4, -0.2) is 30.1 Å². The third-order valence-corrected chi connectivity index (χ3v) is 3.09. The molecule has 0 aliphatic heterocycles. The van der Waals surface area contributed by atoms with Gasteiger partial charge in [-0.2, -0.15) is 4.98 Å². The van der Waals surface area contributed by atoms with E-state index in [1.807, 2.05) is 0 Å². The van der Waals surface area contributed by atoms with Crippen LogP contribution in [0.5, 0.6) is 11.6 Å². The summed E-state index contributed by atoms with van der Waals surface area (Å²) in [5.74, 6) is 0.0122. The van der Waals surface area contributed by atoms with Gasteiger partial charge in [-0.05, 0) is 23.7 Å². The minimum Gasteiger partial charge on any atom is -0.495 e. The van der Waals surface area contributed by atoms with Crippen molar-refractivity contribution >= 4 is 34.8 Å². The Labute approximate surface area is 131 Å². The van der Waals surface area contributed by atoms with Crippen molar-refractivity contribution in [1.29, 1.82) is 0 Å². The zero-order valence-electron chi connectivity index (χ0n) is 11.2. The number of amides is 1. The van der Waals surface area contributed by atoms with Gasteiger partial charge in [0.05, 0.1) is 19.2 Å². The lowest BCUT2D eigenvalue weighted by Gasteiger charge is -2.12. The van der Waals surface area contributed by atoms with Crippen LogP contribution in [-0.2, 0) is 0 Å². The van der Waals surface area contributed by atoms with Gasteiger partial charge in [-0.3, -0.25) is 4.79 Å². The molecule has 0 spiro atoms. The fraction of sp³-hybridized carbons (Fsp3) is 0.154. The SMILES string of the molecule is COc1cccc(Cl)c1NC(=O)c1cnc(Cl)nc1OC. The standard InChI is InChI=1S/C13H11Cl2N3O3/c1-20-9-5-3-4-8(14)10(9)17-11(19)7-6-16-13(15)18-12(7)21-2/h3-6H,1-2H3,(H,17,19). The number of benzene rings is 1. The molecule has 2 aromatic rings. The van der Waals surface area contributed by atoms with Crippen LogP contribution in [0.2, 0.25) is 10.3 Å². The quantitative estimate of drug-likeness (QED) is 0.873. The lowest BCUT2D eigenvalue weighted by molar-refractivity contribution is 0.102. The second kappa shape index (κ2) is 6.60. The Morgan fingerprint density at radius 3 is 2.67 bits per heavy atom. The van der Waals surface area contributed by atoms with Crippen molar-refractivity contribution < 1.29 is 14.3 Å². The van der Waals surface area contributed by atoms with E-state index in [-0.39, 0.29) is 16.7 Å². The van der Waals surface area contributed by atoms with Crippen molar-refractivity contribution in [2.45, 2.75) is 0 Å². The van der Waals surface area contributed by atoms with Gasteiger partial charge in [-0.1, -0.05) is 17.7 Å². The number of ether oxygens (including phenoxy) is 2. The van der Waals surface area contributed by atoms with E-state index in [0.717, 1.165) is 0 Å². The summed E-state index contributed by atoms with van der Waals surface area (Å²) in [6, 6.07) is 5.02. The van der Waals surface area contributed by atoms with Gasteiger partial charge in [0.15, 0.2) is 0 Å². The van der Waals surface area contributed by atoms with E-state index >= 15 is 0 Å². The molecule has 6 nitrogen and oxygen atoms in total. The van der Waals surface area contributed by atoms with Gasteiger partial charge in [0, 0.05) is 6.20 Å². The topological polar surface area (TPSA) is 73.3 Å². The number of nitrogens with one attached hydrogen (secondary N) is 1. The molecule has 0 radical (unpaired) electrons. The zero-order valence-corrected chi connectivity index (χ0v) is 12.7. The van der Waals surface area contributed by atoms with Gasteiger partial charge >= 0.3 is 0 Å². The Bertz CT molecular complexity index is 680. The molecule has 1 aromatic carbocycles. The molecule has 0 saturated carbocycles. The Balaban J connectivity index is 2.35. The Kier molecular flexibility index (Phi) is 4.82. The lowest BCUT2D eigenvalue weighted by Crippen LogP contribution is -2.15. The summed E-state index contributed by atoms with van der Waals surface area (Å²) >= 11 is 11.7. The fourth-order valence-electron chi connectivity index (χ4n) is 1.63. The van der Waals surface area contributed by atoms with Crippen molar-refractivity contribution in [2.24, 2.45) is 0 Å². The molecule has 0 saturated heterocycles. The fourth-order valence-corrected chi connectivity index (χ4v) is 1.97. The largest absolute Gasteiger partial charge is 0.495 e. The van der Waals surface area contributed by atoms with E-state index in [2.05, 4.69) is 15.3 Å². The van der Waals surface area contributed by atoms with Crippen LogP contribution >= 0.6 is 23.2 Å². The van der Waals surface area contributed by atoms with Gasteiger partial charge < -0.3 is 14.8 Å². The Hall–Kier alpha value is -2.05. The number of carbonyl (C=O) groups excluding carboxylic acids is 1. The van der Waals surface area contributed by atoms with Crippen LogP contribution in [0.4, 0.5) is 5.69 Å². The molecule has 0 atom stereocenters. The van der Waals surface area contributed by atoms with E-state index < -0.39 is 5.91 Å². The highest BCUT2D eigenvalue weighted by Gasteiger charge is 2.18. The smallest absolute Gasteiger partial charge is 0.262 e. The maximum absolute atomic E-state index is 12.3. The number of hydrogen-bond donors (Lipinski definition) is 1. The second-order valence-electron chi connectivity index (χ2n) is 3.83. The highest BCUT2D eigenvalue weighted by atomic mass is 35.5. The van der Waals surface area contributed by atoms with Gasteiger partial charge in [-0.15, -0.1) is 0 Å². The molecule has 1 heterocycles. The van der Waals surface area contributed by atoms with Gasteiger partial charge in [0.1, 0.15) is 17.0 Å². The molecule has 8 heteroatoms. The van der Waals surface area contributed by atoms with E-state index in [1.165, 1.54) is 20.4 Å². The third-order valence-electron chi connectivity index (χ3n) is 2.60. The van der Waals surface area contributed by atoms with Crippen LogP contribution < -0.4 is 14.8 Å². The lowest BCUT2D eigenvalue weighted by atomic mass is 10.2. The summed E-state index contributed by atoms with van der Waals surface area (Å²) in [6.45, 7) is 0. The first-order valence-electron chi connectivity index (χ1n) is 5.77. The summed E-state index contributed by atoms with van der Waals surface area (Å²) in [6.07, 6.45) is 1.27. The summed E-state index contributed by atoms with van der Waals surface area (Å²) in [5, 5.41) is 2.97. The van der Waals surface area contributed by atoms with Crippen molar-refractivity contribution in [1.82, 2.24) is 9.97 Å². The first-order valence-corrected chi connectivity index (χ1v) is 6.52. The number of rotatable bonds is 4. The van der Waals surface area contributed by atoms with Gasteiger partial charge in [0.2, 0.25) is 11.2 Å². The number of aromatic nitrogens is 2. The molecule has 0 fully saturated rings. The summed E-state index contributed by atoms with van der Waals surface area (Å²) in [5.41, 5.74) is 0.479. The highest BCUT2D eigenvalue weighted by Crippen LogP contribution is 2.32. The summed E-state index contributed by atoms with van der Waals surface area (Å²) < 4.78 is 10.2. The first kappa shape index (κ1) is 15.3. The molecular weight excluding hydrogens is 317 g/mol. The van der Waals surface area contributed by atoms with E-state index in [4.69, 9.17) is 32.7 Å². The predicted molar refractivity (Wildman–Crippen MR) is 79.6 cm³/mol. The number of hydrogen-bond acceptors (Lipinski definition) is 5. The predicted octanol–water partition coefficient (Wildman–Crippen LogP) is 3.05. The molecule has 0 aliphatic carbocycles. The maximum atomic E-state index is 12.3. The average molecular weight is 328 g/mol. The maximum Gasteiger partial charge on any atom is 0.262 e. The van der Waals surface area contributed by atoms with Crippen molar-refractivity contribution in [2.75, 3.05) is 19.5 Å². The van der Waals surface area contributed by atoms with Crippen molar-refractivity contribution in [3.05, 3.63) is 40.3 Å². The average Bonchev–Trinajstić information content (AvgIpc) is 2.48. The first-order chi connectivity index (χ1) is 10.1. The number of para-hydroxylation sites is 1. The summed E-state index contributed by atoms with van der Waals surface area (Å²) in [7, 11) is 2.86. The molecule has 1 aromatic heterocycles. The number of methoxy groups -OCH3 is 2. The van der Waals surface area contributed by atoms with Crippen LogP contribution in [0.15, 0.2) is 24.4 Å². The van der Waals surface area contributed by atoms with Gasteiger partial charge in [0.25, 0.3) is 5.91 Å². The number of carbonyl (C=O) groups is 1. The van der Waals surface area contributed by atoms with E-state index in [1.54, 1.807) is 18.2 Å². The number of halogens is 2. The molecule has 0 bridgehead atoms. The minimum atomic E-state index is -0.491. The molecule has 1 amide bonds. The molecule has 1 N–H and O–H groups in total. The third kappa shape index (κ3) is 3.34. The van der Waals surface area contributed by atoms with Crippen LogP contribution in [0, 0.1) is 0 Å². The molecule has 2 rings (SSSR count). The molecule has 110 valence electrons. The second-order valence-corrected chi connectivity index (χ2v) is 4.58. The molecule has 21 heavy (non-hydrogen) atoms. The van der Waals surface area contributed by atoms with Crippen molar-refractivity contribution in [3.8, 4) is 11.6 Å². The monoisotopic (exact) mass is 327 g/mol. The normalized spacial score (nSPS) is 10.1. The van der Waals surface area contributed by atoms with Crippen LogP contribution in [0.3, 0.4) is 0 Å². The highest BCUT2D eigenvalue weighted by molar-refractivity contribution is 6.34. The van der Waals surface area contributed by atoms with Gasteiger partial charge in [-0.25, -0.2) is 4.98 Å². The van der Waals surface area contributed by atoms with E-state index in [0.29, 0.717) is 16.5 Å². The summed E-state index contributed by atoms with van der Waals surface area (Å²) in [4.78, 5) is 19.9. The molecule has 0 aliphatic rings. The Morgan fingerprint density at radius 2 is 2.00 bits per heavy atom. The van der Waals surface area contributed by atoms with Crippen LogP contribution in [0.25, 0.3) is 0 Å². The minimum absolute atomic E-state index is 0.0151. The van der Waals surface area contributed by atoms with Crippen LogP contribution in [0.1, 0.15) is 10.4 Å². The zero-order chi connectivity index (χ0) is 15.4. The van der Waals surface area contributed by atoms with E-state index in [9.17, 15) is 4.79 Å². The number of anilines is 1. The number of nitrogens with zero attached hydrogens (tertiary/aromatic N) is 2. The Morgan fingerprint density at radius 1 is 1.24 bits per heavy atom. The molecule has 0 unspecified atom stereocenters.